The molecule has 0 aromatic heterocycles. The molecule has 1 aliphatic rings. The van der Waals surface area contributed by atoms with E-state index < -0.39 is 0 Å². The van der Waals surface area contributed by atoms with Gasteiger partial charge >= 0.3 is 0 Å². The van der Waals surface area contributed by atoms with Crippen molar-refractivity contribution in [1.82, 2.24) is 5.32 Å². The molecule has 0 aliphatic heterocycles. The van der Waals surface area contributed by atoms with Crippen LogP contribution in [-0.4, -0.2) is 6.04 Å². The summed E-state index contributed by atoms with van der Waals surface area (Å²) in [5.74, 6) is 0.804. The lowest BCUT2D eigenvalue weighted by molar-refractivity contribution is 0.426. The third-order valence-electron chi connectivity index (χ3n) is 3.42. The van der Waals surface area contributed by atoms with E-state index in [0.717, 1.165) is 22.0 Å². The van der Waals surface area contributed by atoms with Gasteiger partial charge in [0, 0.05) is 22.1 Å². The van der Waals surface area contributed by atoms with Crippen molar-refractivity contribution >= 4 is 27.5 Å². The molecule has 16 heavy (non-hydrogen) atoms. The Bertz CT molecular complexity index is 367. The van der Waals surface area contributed by atoms with E-state index in [2.05, 4.69) is 28.2 Å². The Hall–Kier alpha value is -0.0500. The second kappa shape index (κ2) is 5.52. The Morgan fingerprint density at radius 1 is 1.44 bits per heavy atom. The van der Waals surface area contributed by atoms with Crippen LogP contribution in [0, 0.1) is 5.92 Å². The highest BCUT2D eigenvalue weighted by Crippen LogP contribution is 2.26. The number of nitrogens with one attached hydrogen (secondary N) is 1. The highest BCUT2D eigenvalue weighted by Gasteiger charge is 2.22. The zero-order valence-electron chi connectivity index (χ0n) is 9.47. The topological polar surface area (TPSA) is 12.0 Å². The summed E-state index contributed by atoms with van der Waals surface area (Å²) in [6.45, 7) is 3.23. The minimum Gasteiger partial charge on any atom is -0.310 e. The van der Waals surface area contributed by atoms with Gasteiger partial charge in [0.25, 0.3) is 0 Å². The van der Waals surface area contributed by atoms with Crippen LogP contribution < -0.4 is 5.32 Å². The maximum absolute atomic E-state index is 5.99. The van der Waals surface area contributed by atoms with Crippen LogP contribution in [0.2, 0.25) is 5.02 Å². The molecule has 2 unspecified atom stereocenters. The number of halogens is 2. The molecular formula is C13H17BrClN. The minimum absolute atomic E-state index is 0.672. The number of rotatable bonds is 3. The van der Waals surface area contributed by atoms with Crippen molar-refractivity contribution in [3.8, 4) is 0 Å². The first-order valence-corrected chi connectivity index (χ1v) is 7.01. The number of hydrogen-bond donors (Lipinski definition) is 1. The van der Waals surface area contributed by atoms with E-state index in [1.165, 1.54) is 24.8 Å². The molecule has 1 aromatic carbocycles. The molecule has 0 amide bonds. The first-order chi connectivity index (χ1) is 7.66. The molecule has 1 aromatic rings. The molecule has 0 spiro atoms. The second-order valence-corrected chi connectivity index (χ2v) is 5.92. The molecular weight excluding hydrogens is 286 g/mol. The van der Waals surface area contributed by atoms with Crippen LogP contribution in [0.4, 0.5) is 0 Å². The molecule has 0 radical (unpaired) electrons. The average Bonchev–Trinajstić information content (AvgIpc) is 2.66. The summed E-state index contributed by atoms with van der Waals surface area (Å²) in [6, 6.07) is 6.62. The van der Waals surface area contributed by atoms with E-state index in [-0.39, 0.29) is 0 Å². The minimum atomic E-state index is 0.672. The summed E-state index contributed by atoms with van der Waals surface area (Å²) in [5.41, 5.74) is 1.24. The van der Waals surface area contributed by atoms with Crippen molar-refractivity contribution in [2.45, 2.75) is 38.8 Å². The number of benzene rings is 1. The third-order valence-corrected chi connectivity index (χ3v) is 4.43. The summed E-state index contributed by atoms with van der Waals surface area (Å²) in [4.78, 5) is 0. The molecule has 1 saturated carbocycles. The lowest BCUT2D eigenvalue weighted by Crippen LogP contribution is -2.30. The predicted molar refractivity (Wildman–Crippen MR) is 72.8 cm³/mol. The first kappa shape index (κ1) is 12.4. The van der Waals surface area contributed by atoms with Crippen LogP contribution in [0.25, 0.3) is 0 Å². The highest BCUT2D eigenvalue weighted by molar-refractivity contribution is 9.10. The normalized spacial score (nSPS) is 24.9. The maximum Gasteiger partial charge on any atom is 0.0410 e. The predicted octanol–water partition coefficient (Wildman–Crippen LogP) is 4.38. The van der Waals surface area contributed by atoms with E-state index >= 15 is 0 Å². The van der Waals surface area contributed by atoms with E-state index in [9.17, 15) is 0 Å². The van der Waals surface area contributed by atoms with Gasteiger partial charge in [-0.05, 0) is 42.5 Å². The molecule has 1 nitrogen and oxygen atoms in total. The quantitative estimate of drug-likeness (QED) is 0.873. The van der Waals surface area contributed by atoms with Crippen LogP contribution in [0.3, 0.4) is 0 Å². The lowest BCUT2D eigenvalue weighted by atomic mass is 10.1. The van der Waals surface area contributed by atoms with Gasteiger partial charge in [-0.25, -0.2) is 0 Å². The number of hydrogen-bond acceptors (Lipinski definition) is 1. The van der Waals surface area contributed by atoms with E-state index in [1.807, 2.05) is 18.2 Å². The van der Waals surface area contributed by atoms with Crippen molar-refractivity contribution in [3.05, 3.63) is 33.3 Å². The van der Waals surface area contributed by atoms with Gasteiger partial charge in [-0.1, -0.05) is 40.9 Å². The zero-order chi connectivity index (χ0) is 11.5. The van der Waals surface area contributed by atoms with Gasteiger partial charge in [-0.3, -0.25) is 0 Å². The fourth-order valence-corrected chi connectivity index (χ4v) is 2.95. The summed E-state index contributed by atoms with van der Waals surface area (Å²) in [6.07, 6.45) is 4.02. The Morgan fingerprint density at radius 2 is 2.25 bits per heavy atom. The van der Waals surface area contributed by atoms with Gasteiger partial charge in [-0.15, -0.1) is 0 Å². The summed E-state index contributed by atoms with van der Waals surface area (Å²) >= 11 is 9.55. The maximum atomic E-state index is 5.99. The van der Waals surface area contributed by atoms with Crippen LogP contribution in [0.5, 0.6) is 0 Å². The molecule has 1 aliphatic carbocycles. The second-order valence-electron chi connectivity index (χ2n) is 4.63. The van der Waals surface area contributed by atoms with Gasteiger partial charge in [0.1, 0.15) is 0 Å². The summed E-state index contributed by atoms with van der Waals surface area (Å²) < 4.78 is 1.13. The average molecular weight is 303 g/mol. The molecule has 1 N–H and O–H groups in total. The molecule has 2 rings (SSSR count). The molecule has 2 atom stereocenters. The Kier molecular flexibility index (Phi) is 4.28. The monoisotopic (exact) mass is 301 g/mol. The molecule has 0 heterocycles. The summed E-state index contributed by atoms with van der Waals surface area (Å²) in [5, 5.41) is 4.43. The Balaban J connectivity index is 1.96. The Labute approximate surface area is 111 Å². The third kappa shape index (κ3) is 2.99. The van der Waals surface area contributed by atoms with Crippen LogP contribution in [0.1, 0.15) is 31.7 Å². The van der Waals surface area contributed by atoms with E-state index in [1.54, 1.807) is 0 Å². The fourth-order valence-electron chi connectivity index (χ4n) is 2.37. The van der Waals surface area contributed by atoms with Gasteiger partial charge < -0.3 is 5.32 Å². The van der Waals surface area contributed by atoms with E-state index in [4.69, 9.17) is 11.6 Å². The van der Waals surface area contributed by atoms with Crippen molar-refractivity contribution in [3.63, 3.8) is 0 Å². The van der Waals surface area contributed by atoms with E-state index in [0.29, 0.717) is 6.04 Å². The largest absolute Gasteiger partial charge is 0.310 e. The zero-order valence-corrected chi connectivity index (χ0v) is 11.8. The molecule has 3 heteroatoms. The molecule has 88 valence electrons. The summed E-state index contributed by atoms with van der Waals surface area (Å²) in [7, 11) is 0. The van der Waals surface area contributed by atoms with Gasteiger partial charge in [0.15, 0.2) is 0 Å². The lowest BCUT2D eigenvalue weighted by Gasteiger charge is -2.17. The van der Waals surface area contributed by atoms with Crippen molar-refractivity contribution in [1.29, 1.82) is 0 Å². The smallest absolute Gasteiger partial charge is 0.0410 e. The molecule has 0 saturated heterocycles. The highest BCUT2D eigenvalue weighted by atomic mass is 79.9. The van der Waals surface area contributed by atoms with Gasteiger partial charge in [0.05, 0.1) is 0 Å². The van der Waals surface area contributed by atoms with Crippen molar-refractivity contribution < 1.29 is 0 Å². The van der Waals surface area contributed by atoms with Crippen LogP contribution in [-0.2, 0) is 6.54 Å². The van der Waals surface area contributed by atoms with Crippen molar-refractivity contribution in [2.75, 3.05) is 0 Å². The fraction of sp³-hybridized carbons (Fsp3) is 0.538. The molecule has 1 fully saturated rings. The molecule has 0 bridgehead atoms. The van der Waals surface area contributed by atoms with Crippen LogP contribution in [0.15, 0.2) is 22.7 Å². The van der Waals surface area contributed by atoms with Gasteiger partial charge in [0.2, 0.25) is 0 Å². The standard InChI is InChI=1S/C13H17BrClN/c1-9-3-2-4-13(9)16-8-10-7-11(15)5-6-12(10)14/h5-7,9,13,16H,2-4,8H2,1H3. The van der Waals surface area contributed by atoms with Gasteiger partial charge in [-0.2, -0.15) is 0 Å². The SMILES string of the molecule is CC1CCCC1NCc1cc(Cl)ccc1Br. The first-order valence-electron chi connectivity index (χ1n) is 5.84. The Morgan fingerprint density at radius 3 is 2.94 bits per heavy atom. The van der Waals surface area contributed by atoms with Crippen LogP contribution >= 0.6 is 27.5 Å². The van der Waals surface area contributed by atoms with Crippen molar-refractivity contribution in [2.24, 2.45) is 5.92 Å².